The van der Waals surface area contributed by atoms with Crippen LogP contribution < -0.4 is 4.90 Å². The summed E-state index contributed by atoms with van der Waals surface area (Å²) >= 11 is 0. The maximum Gasteiger partial charge on any atom is 0.310 e. The summed E-state index contributed by atoms with van der Waals surface area (Å²) in [6.07, 6.45) is 0.758. The lowest BCUT2D eigenvalue weighted by Gasteiger charge is -2.15. The molecule has 88 valence electrons. The first-order valence-corrected chi connectivity index (χ1v) is 5.31. The van der Waals surface area contributed by atoms with E-state index in [9.17, 15) is 4.79 Å². The second-order valence-electron chi connectivity index (χ2n) is 3.84. The normalized spacial score (nSPS) is 18.8. The minimum atomic E-state index is -0.186. The Morgan fingerprint density at radius 3 is 3.00 bits per heavy atom. The van der Waals surface area contributed by atoms with Crippen LogP contribution in [0.5, 0.6) is 0 Å². The molecular weight excluding hydrogens is 220 g/mol. The molecule has 0 amide bonds. The van der Waals surface area contributed by atoms with E-state index in [2.05, 4.69) is 10.2 Å². The van der Waals surface area contributed by atoms with Crippen molar-refractivity contribution >= 4 is 11.8 Å². The highest BCUT2D eigenvalue weighted by Crippen LogP contribution is 2.22. The Kier molecular flexibility index (Phi) is 3.19. The molecule has 1 aromatic heterocycles. The van der Waals surface area contributed by atoms with Crippen molar-refractivity contribution in [1.29, 1.82) is 5.26 Å². The van der Waals surface area contributed by atoms with Gasteiger partial charge in [0.05, 0.1) is 13.0 Å². The van der Waals surface area contributed by atoms with Gasteiger partial charge in [0.2, 0.25) is 0 Å². The summed E-state index contributed by atoms with van der Waals surface area (Å²) in [5.41, 5.74) is 0.289. The van der Waals surface area contributed by atoms with Gasteiger partial charge in [0, 0.05) is 13.1 Å². The third-order valence-corrected chi connectivity index (χ3v) is 2.81. The number of rotatable bonds is 2. The van der Waals surface area contributed by atoms with Crippen molar-refractivity contribution in [3.05, 3.63) is 17.8 Å². The molecule has 0 saturated carbocycles. The van der Waals surface area contributed by atoms with Crippen molar-refractivity contribution in [3.63, 3.8) is 0 Å². The third-order valence-electron chi connectivity index (χ3n) is 2.81. The Bertz CT molecular complexity index is 452. The van der Waals surface area contributed by atoms with Crippen LogP contribution in [0.4, 0.5) is 5.82 Å². The van der Waals surface area contributed by atoms with E-state index in [0.29, 0.717) is 12.4 Å². The van der Waals surface area contributed by atoms with E-state index in [0.717, 1.165) is 13.0 Å². The van der Waals surface area contributed by atoms with Gasteiger partial charge in [0.1, 0.15) is 6.07 Å². The van der Waals surface area contributed by atoms with Gasteiger partial charge >= 0.3 is 5.97 Å². The SMILES string of the molecule is COC(=O)C1CCN(c2ccc(C#N)nn2)C1. The maximum atomic E-state index is 11.4. The van der Waals surface area contributed by atoms with Gasteiger partial charge in [-0.2, -0.15) is 5.26 Å². The molecule has 2 rings (SSSR count). The summed E-state index contributed by atoms with van der Waals surface area (Å²) in [7, 11) is 1.40. The van der Waals surface area contributed by atoms with E-state index in [-0.39, 0.29) is 17.6 Å². The fraction of sp³-hybridized carbons (Fsp3) is 0.455. The second-order valence-corrected chi connectivity index (χ2v) is 3.84. The molecule has 0 aromatic carbocycles. The Hall–Kier alpha value is -2.16. The molecule has 2 heterocycles. The molecule has 0 aliphatic carbocycles. The summed E-state index contributed by atoms with van der Waals surface area (Å²) in [4.78, 5) is 13.3. The van der Waals surface area contributed by atoms with E-state index < -0.39 is 0 Å². The van der Waals surface area contributed by atoms with Crippen LogP contribution in [0.25, 0.3) is 0 Å². The van der Waals surface area contributed by atoms with Gasteiger partial charge < -0.3 is 9.64 Å². The van der Waals surface area contributed by atoms with E-state index in [4.69, 9.17) is 10.00 Å². The molecule has 1 aromatic rings. The zero-order valence-corrected chi connectivity index (χ0v) is 9.46. The van der Waals surface area contributed by atoms with Crippen LogP contribution in [0.1, 0.15) is 12.1 Å². The average Bonchev–Trinajstić information content (AvgIpc) is 2.87. The molecule has 0 spiro atoms. The highest BCUT2D eigenvalue weighted by Gasteiger charge is 2.29. The van der Waals surface area contributed by atoms with Gasteiger partial charge in [0.15, 0.2) is 11.5 Å². The molecule has 1 fully saturated rings. The molecule has 1 saturated heterocycles. The summed E-state index contributed by atoms with van der Waals surface area (Å²) < 4.78 is 4.71. The van der Waals surface area contributed by atoms with Gasteiger partial charge in [-0.05, 0) is 18.6 Å². The van der Waals surface area contributed by atoms with Crippen molar-refractivity contribution in [2.45, 2.75) is 6.42 Å². The average molecular weight is 232 g/mol. The van der Waals surface area contributed by atoms with E-state index in [1.807, 2.05) is 11.0 Å². The Balaban J connectivity index is 2.05. The zero-order chi connectivity index (χ0) is 12.3. The third kappa shape index (κ3) is 2.33. The predicted molar refractivity (Wildman–Crippen MR) is 59.1 cm³/mol. The van der Waals surface area contributed by atoms with Crippen molar-refractivity contribution in [3.8, 4) is 6.07 Å². The molecule has 17 heavy (non-hydrogen) atoms. The largest absolute Gasteiger partial charge is 0.469 e. The minimum Gasteiger partial charge on any atom is -0.469 e. The van der Waals surface area contributed by atoms with Gasteiger partial charge in [-0.1, -0.05) is 0 Å². The molecule has 6 nitrogen and oxygen atoms in total. The smallest absolute Gasteiger partial charge is 0.310 e. The summed E-state index contributed by atoms with van der Waals surface area (Å²) in [6, 6.07) is 5.27. The van der Waals surface area contributed by atoms with Gasteiger partial charge in [-0.25, -0.2) is 0 Å². The van der Waals surface area contributed by atoms with Crippen molar-refractivity contribution < 1.29 is 9.53 Å². The Morgan fingerprint density at radius 1 is 1.59 bits per heavy atom. The van der Waals surface area contributed by atoms with Gasteiger partial charge in [-0.15, -0.1) is 10.2 Å². The predicted octanol–water partition coefficient (Wildman–Crippen LogP) is 0.348. The van der Waals surface area contributed by atoms with Crippen molar-refractivity contribution in [1.82, 2.24) is 10.2 Å². The molecule has 0 radical (unpaired) electrons. The monoisotopic (exact) mass is 232 g/mol. The van der Waals surface area contributed by atoms with Crippen LogP contribution in [0.15, 0.2) is 12.1 Å². The number of carbonyl (C=O) groups is 1. The fourth-order valence-electron chi connectivity index (χ4n) is 1.88. The molecule has 1 aliphatic rings. The first kappa shape index (κ1) is 11.3. The number of carbonyl (C=O) groups excluding carboxylic acids is 1. The lowest BCUT2D eigenvalue weighted by molar-refractivity contribution is -0.144. The standard InChI is InChI=1S/C11H12N4O2/c1-17-11(16)8-4-5-15(7-8)10-3-2-9(6-12)13-14-10/h2-3,8H,4-5,7H2,1H3. The lowest BCUT2D eigenvalue weighted by Crippen LogP contribution is -2.24. The molecule has 1 atom stereocenters. The summed E-state index contributed by atoms with van der Waals surface area (Å²) in [6.45, 7) is 1.34. The van der Waals surface area contributed by atoms with Crippen LogP contribution in [-0.4, -0.2) is 36.4 Å². The van der Waals surface area contributed by atoms with Crippen LogP contribution >= 0.6 is 0 Å². The van der Waals surface area contributed by atoms with E-state index in [1.165, 1.54) is 7.11 Å². The van der Waals surface area contributed by atoms with E-state index in [1.54, 1.807) is 12.1 Å². The number of nitriles is 1. The minimum absolute atomic E-state index is 0.0996. The topological polar surface area (TPSA) is 79.1 Å². The summed E-state index contributed by atoms with van der Waals surface area (Å²) in [5, 5.41) is 16.3. The van der Waals surface area contributed by atoms with Crippen LogP contribution in [-0.2, 0) is 9.53 Å². The quantitative estimate of drug-likeness (QED) is 0.684. The van der Waals surface area contributed by atoms with Crippen LogP contribution in [0.3, 0.4) is 0 Å². The summed E-state index contributed by atoms with van der Waals surface area (Å²) in [5.74, 6) is 0.405. The van der Waals surface area contributed by atoms with E-state index >= 15 is 0 Å². The van der Waals surface area contributed by atoms with Crippen LogP contribution in [0, 0.1) is 17.2 Å². The first-order valence-electron chi connectivity index (χ1n) is 5.31. The highest BCUT2D eigenvalue weighted by molar-refractivity contribution is 5.74. The molecule has 0 N–H and O–H groups in total. The second kappa shape index (κ2) is 4.78. The number of esters is 1. The number of hydrogen-bond acceptors (Lipinski definition) is 6. The van der Waals surface area contributed by atoms with Crippen LogP contribution in [0.2, 0.25) is 0 Å². The highest BCUT2D eigenvalue weighted by atomic mass is 16.5. The first-order chi connectivity index (χ1) is 8.24. The maximum absolute atomic E-state index is 11.4. The number of nitrogens with zero attached hydrogens (tertiary/aromatic N) is 4. The van der Waals surface area contributed by atoms with Gasteiger partial charge in [-0.3, -0.25) is 4.79 Å². The molecule has 0 bridgehead atoms. The number of hydrogen-bond donors (Lipinski definition) is 0. The molecule has 1 unspecified atom stereocenters. The molecule has 1 aliphatic heterocycles. The zero-order valence-electron chi connectivity index (χ0n) is 9.46. The lowest BCUT2D eigenvalue weighted by atomic mass is 10.1. The number of aromatic nitrogens is 2. The van der Waals surface area contributed by atoms with Crippen molar-refractivity contribution in [2.24, 2.45) is 5.92 Å². The Labute approximate surface area is 98.8 Å². The number of methoxy groups -OCH3 is 1. The van der Waals surface area contributed by atoms with Crippen molar-refractivity contribution in [2.75, 3.05) is 25.1 Å². The number of ether oxygens (including phenoxy) is 1. The molecule has 6 heteroatoms. The fourth-order valence-corrected chi connectivity index (χ4v) is 1.88. The molecular formula is C11H12N4O2. The van der Waals surface area contributed by atoms with Gasteiger partial charge in [0.25, 0.3) is 0 Å². The number of anilines is 1. The Morgan fingerprint density at radius 2 is 2.41 bits per heavy atom.